The summed E-state index contributed by atoms with van der Waals surface area (Å²) in [5.41, 5.74) is 2.29. The van der Waals surface area contributed by atoms with Gasteiger partial charge in [0.2, 0.25) is 0 Å². The lowest BCUT2D eigenvalue weighted by Crippen LogP contribution is -2.23. The molecule has 1 unspecified atom stereocenters. The summed E-state index contributed by atoms with van der Waals surface area (Å²) in [7, 11) is 0. The number of furan rings is 1. The zero-order valence-corrected chi connectivity index (χ0v) is 12.4. The molecule has 1 heterocycles. The van der Waals surface area contributed by atoms with Crippen molar-refractivity contribution in [3.05, 3.63) is 72.0 Å². The summed E-state index contributed by atoms with van der Waals surface area (Å²) in [5.74, 6) is 1.02. The van der Waals surface area contributed by atoms with Crippen LogP contribution in [-0.2, 0) is 6.42 Å². The van der Waals surface area contributed by atoms with Gasteiger partial charge in [0.1, 0.15) is 11.3 Å². The first-order chi connectivity index (χ1) is 10.4. The summed E-state index contributed by atoms with van der Waals surface area (Å²) in [4.78, 5) is 0. The first-order valence-electron chi connectivity index (χ1n) is 7.62. The van der Waals surface area contributed by atoms with Crippen molar-refractivity contribution in [2.75, 3.05) is 6.54 Å². The van der Waals surface area contributed by atoms with Crippen LogP contribution in [0.5, 0.6) is 0 Å². The van der Waals surface area contributed by atoms with E-state index in [0.717, 1.165) is 30.7 Å². The van der Waals surface area contributed by atoms with E-state index in [1.807, 2.05) is 18.2 Å². The Labute approximate surface area is 125 Å². The summed E-state index contributed by atoms with van der Waals surface area (Å²) < 4.78 is 6.04. The molecule has 0 aliphatic rings. The van der Waals surface area contributed by atoms with E-state index in [1.54, 1.807) is 0 Å². The smallest absolute Gasteiger partial charge is 0.134 e. The Balaban J connectivity index is 1.87. The second-order valence-electron chi connectivity index (χ2n) is 5.38. The van der Waals surface area contributed by atoms with E-state index in [4.69, 9.17) is 4.42 Å². The maximum Gasteiger partial charge on any atom is 0.134 e. The Bertz CT molecular complexity index is 654. The molecule has 3 aromatic rings. The summed E-state index contributed by atoms with van der Waals surface area (Å²) in [6, 6.07) is 21.1. The minimum absolute atomic E-state index is 0.222. The van der Waals surface area contributed by atoms with Crippen molar-refractivity contribution < 1.29 is 4.42 Å². The maximum atomic E-state index is 6.04. The molecule has 0 amide bonds. The molecule has 0 saturated heterocycles. The fourth-order valence-corrected chi connectivity index (χ4v) is 2.62. The molecule has 1 atom stereocenters. The van der Waals surface area contributed by atoms with Gasteiger partial charge in [-0.2, -0.15) is 0 Å². The average molecular weight is 279 g/mol. The van der Waals surface area contributed by atoms with Crippen LogP contribution in [0.1, 0.15) is 30.7 Å². The number of rotatable bonds is 6. The maximum absolute atomic E-state index is 6.04. The normalized spacial score (nSPS) is 12.6. The van der Waals surface area contributed by atoms with Gasteiger partial charge >= 0.3 is 0 Å². The number of benzene rings is 2. The van der Waals surface area contributed by atoms with Gasteiger partial charge in [-0.1, -0.05) is 55.5 Å². The molecule has 108 valence electrons. The molecule has 21 heavy (non-hydrogen) atoms. The highest BCUT2D eigenvalue weighted by molar-refractivity contribution is 5.77. The fourth-order valence-electron chi connectivity index (χ4n) is 2.62. The molecule has 1 aromatic heterocycles. The lowest BCUT2D eigenvalue weighted by molar-refractivity contribution is 0.427. The molecular formula is C19H21NO. The van der Waals surface area contributed by atoms with Crippen LogP contribution in [0.4, 0.5) is 0 Å². The zero-order chi connectivity index (χ0) is 14.5. The number of para-hydroxylation sites is 1. The topological polar surface area (TPSA) is 25.2 Å². The molecule has 0 radical (unpaired) electrons. The SMILES string of the molecule is CCCNC(Cc1ccccc1)c1cc2ccccc2o1. The molecule has 2 nitrogen and oxygen atoms in total. The third kappa shape index (κ3) is 3.34. The largest absolute Gasteiger partial charge is 0.459 e. The third-order valence-electron chi connectivity index (χ3n) is 3.71. The highest BCUT2D eigenvalue weighted by Crippen LogP contribution is 2.26. The van der Waals surface area contributed by atoms with E-state index in [2.05, 4.69) is 54.7 Å². The zero-order valence-electron chi connectivity index (χ0n) is 12.4. The first-order valence-corrected chi connectivity index (χ1v) is 7.62. The van der Waals surface area contributed by atoms with E-state index < -0.39 is 0 Å². The predicted molar refractivity (Wildman–Crippen MR) is 87.4 cm³/mol. The van der Waals surface area contributed by atoms with Crippen LogP contribution in [0, 0.1) is 0 Å². The minimum Gasteiger partial charge on any atom is -0.459 e. The van der Waals surface area contributed by atoms with Crippen LogP contribution in [0.25, 0.3) is 11.0 Å². The van der Waals surface area contributed by atoms with Crippen LogP contribution >= 0.6 is 0 Å². The number of hydrogen-bond acceptors (Lipinski definition) is 2. The van der Waals surface area contributed by atoms with Gasteiger partial charge in [0.25, 0.3) is 0 Å². The van der Waals surface area contributed by atoms with Gasteiger partial charge < -0.3 is 9.73 Å². The molecule has 0 bridgehead atoms. The Hall–Kier alpha value is -2.06. The lowest BCUT2D eigenvalue weighted by Gasteiger charge is -2.16. The monoisotopic (exact) mass is 279 g/mol. The fraction of sp³-hybridized carbons (Fsp3) is 0.263. The van der Waals surface area contributed by atoms with E-state index in [0.29, 0.717) is 0 Å². The van der Waals surface area contributed by atoms with Crippen molar-refractivity contribution in [3.8, 4) is 0 Å². The van der Waals surface area contributed by atoms with E-state index in [-0.39, 0.29) is 6.04 Å². The average Bonchev–Trinajstić information content (AvgIpc) is 2.96. The summed E-state index contributed by atoms with van der Waals surface area (Å²) >= 11 is 0. The molecule has 0 fully saturated rings. The third-order valence-corrected chi connectivity index (χ3v) is 3.71. The Morgan fingerprint density at radius 3 is 2.52 bits per heavy atom. The molecule has 3 rings (SSSR count). The van der Waals surface area contributed by atoms with Crippen molar-refractivity contribution in [2.45, 2.75) is 25.8 Å². The van der Waals surface area contributed by atoms with Crippen LogP contribution in [0.15, 0.2) is 65.1 Å². The van der Waals surface area contributed by atoms with Gasteiger partial charge in [-0.3, -0.25) is 0 Å². The number of fused-ring (bicyclic) bond motifs is 1. The summed E-state index contributed by atoms with van der Waals surface area (Å²) in [6.07, 6.45) is 2.06. The van der Waals surface area contributed by atoms with Gasteiger partial charge in [-0.05, 0) is 37.1 Å². The highest BCUT2D eigenvalue weighted by Gasteiger charge is 2.16. The van der Waals surface area contributed by atoms with Crippen molar-refractivity contribution in [3.63, 3.8) is 0 Å². The Kier molecular flexibility index (Phi) is 4.37. The molecule has 2 heteroatoms. The highest BCUT2D eigenvalue weighted by atomic mass is 16.3. The van der Waals surface area contributed by atoms with Crippen molar-refractivity contribution in [2.24, 2.45) is 0 Å². The molecule has 0 spiro atoms. The molecule has 0 aliphatic carbocycles. The molecule has 0 aliphatic heterocycles. The van der Waals surface area contributed by atoms with E-state index in [1.165, 1.54) is 10.9 Å². The van der Waals surface area contributed by atoms with Crippen LogP contribution in [0.2, 0.25) is 0 Å². The van der Waals surface area contributed by atoms with Gasteiger partial charge in [-0.15, -0.1) is 0 Å². The number of hydrogen-bond donors (Lipinski definition) is 1. The first kappa shape index (κ1) is 13.9. The van der Waals surface area contributed by atoms with Crippen molar-refractivity contribution >= 4 is 11.0 Å². The minimum atomic E-state index is 0.222. The van der Waals surface area contributed by atoms with Gasteiger partial charge in [-0.25, -0.2) is 0 Å². The van der Waals surface area contributed by atoms with E-state index >= 15 is 0 Å². The lowest BCUT2D eigenvalue weighted by atomic mass is 10.0. The van der Waals surface area contributed by atoms with E-state index in [9.17, 15) is 0 Å². The summed E-state index contributed by atoms with van der Waals surface area (Å²) in [5, 5.41) is 4.77. The second-order valence-corrected chi connectivity index (χ2v) is 5.38. The quantitative estimate of drug-likeness (QED) is 0.706. The summed E-state index contributed by atoms with van der Waals surface area (Å²) in [6.45, 7) is 3.18. The Morgan fingerprint density at radius 2 is 1.76 bits per heavy atom. The van der Waals surface area contributed by atoms with Gasteiger partial charge in [0, 0.05) is 5.39 Å². The molecule has 0 saturated carbocycles. The molecule has 1 N–H and O–H groups in total. The van der Waals surface area contributed by atoms with Crippen LogP contribution in [0.3, 0.4) is 0 Å². The molecule has 2 aromatic carbocycles. The second kappa shape index (κ2) is 6.59. The Morgan fingerprint density at radius 1 is 1.00 bits per heavy atom. The van der Waals surface area contributed by atoms with Crippen molar-refractivity contribution in [1.82, 2.24) is 5.32 Å². The number of nitrogens with one attached hydrogen (secondary N) is 1. The van der Waals surface area contributed by atoms with Crippen LogP contribution < -0.4 is 5.32 Å². The standard InChI is InChI=1S/C19H21NO/c1-2-12-20-17(13-15-8-4-3-5-9-15)19-14-16-10-6-7-11-18(16)21-19/h3-11,14,17,20H,2,12-13H2,1H3. The molecular weight excluding hydrogens is 258 g/mol. The van der Waals surface area contributed by atoms with Gasteiger partial charge in [0.05, 0.1) is 6.04 Å². The van der Waals surface area contributed by atoms with Crippen molar-refractivity contribution in [1.29, 1.82) is 0 Å². The van der Waals surface area contributed by atoms with Gasteiger partial charge in [0.15, 0.2) is 0 Å². The van der Waals surface area contributed by atoms with Crippen LogP contribution in [-0.4, -0.2) is 6.54 Å². The predicted octanol–water partition coefficient (Wildman–Crippen LogP) is 4.72.